The predicted molar refractivity (Wildman–Crippen MR) is 220 cm³/mol. The van der Waals surface area contributed by atoms with Gasteiger partial charge in [-0.1, -0.05) is 59.3 Å². The molecule has 0 aromatic heterocycles. The van der Waals surface area contributed by atoms with Gasteiger partial charge in [0.05, 0.1) is 0 Å². The number of nitrogens with one attached hydrogen (secondary N) is 1. The van der Waals surface area contributed by atoms with Gasteiger partial charge in [0.2, 0.25) is 0 Å². The van der Waals surface area contributed by atoms with Gasteiger partial charge in [-0.05, 0) is 143 Å². The van der Waals surface area contributed by atoms with Crippen LogP contribution in [0.25, 0.3) is 0 Å². The van der Waals surface area contributed by atoms with E-state index in [-0.39, 0.29) is 53.6 Å². The zero-order chi connectivity index (χ0) is 41.7. The molecule has 6 atom stereocenters. The Morgan fingerprint density at radius 3 is 1.76 bits per heavy atom. The molecule has 320 valence electrons. The minimum absolute atomic E-state index is 0.0752. The molecule has 10 heteroatoms. The van der Waals surface area contributed by atoms with Gasteiger partial charge in [-0.3, -0.25) is 9.59 Å². The molecule has 2 aromatic carbocycles. The summed E-state index contributed by atoms with van der Waals surface area (Å²) < 4.78 is 53.8. The molecule has 0 unspecified atom stereocenters. The van der Waals surface area contributed by atoms with Gasteiger partial charge >= 0.3 is 18.0 Å². The molecular weight excluding hydrogens is 741 g/mol. The maximum absolute atomic E-state index is 15.7. The Kier molecular flexibility index (Phi) is 14.3. The fourth-order valence-electron chi connectivity index (χ4n) is 10.6. The number of alkyl carbamates (subject to hydrolysis) is 1. The van der Waals surface area contributed by atoms with Crippen LogP contribution in [-0.4, -0.2) is 42.9 Å². The van der Waals surface area contributed by atoms with Gasteiger partial charge in [0.15, 0.2) is 0 Å². The smallest absolute Gasteiger partial charge is 0.407 e. The van der Waals surface area contributed by atoms with Crippen molar-refractivity contribution in [2.45, 2.75) is 180 Å². The number of hydrogen-bond acceptors (Lipinski definition) is 7. The standard InChI is InChI=1S/C48H67F2NO7/c1-31-32-17-9-7-13-21-47(31,5)38-27-34(29-40(49)36(38)25-32)56-42(52)19-11-15-23-55-24-16-12-20-43(53)57-35-28-39-37(41(50)30-35)26-33-18-10-8-14-22-48(39,6)44(33)51-45(54)58-46(2,3)4/h27-33,44H,7-26H2,1-6H3,(H,51,54)/t31-,32-,33-,44-,47-,48+/m0/s1. The maximum atomic E-state index is 15.7. The molecule has 8 nitrogen and oxygen atoms in total. The number of halogens is 2. The topological polar surface area (TPSA) is 100 Å². The molecule has 4 bridgehead atoms. The monoisotopic (exact) mass is 807 g/mol. The number of fused-ring (bicyclic) bond motifs is 8. The molecule has 0 radical (unpaired) electrons. The van der Waals surface area contributed by atoms with Gasteiger partial charge in [-0.15, -0.1) is 0 Å². The largest absolute Gasteiger partial charge is 0.444 e. The third kappa shape index (κ3) is 10.4. The number of carbonyl (C=O) groups is 3. The SMILES string of the molecule is C[C@H]1[C@H]2CCCCC[C@]1(C)c1cc(OC(=O)CCCCOCCCCC(=O)Oc3cc(F)c4c(c3)[C@@]3(C)CCCCC[C@@H](C4)[C@@H]3NC(=O)OC(C)(C)C)cc(F)c1C2. The van der Waals surface area contributed by atoms with Crippen LogP contribution in [0.4, 0.5) is 13.6 Å². The highest BCUT2D eigenvalue weighted by atomic mass is 19.1. The molecule has 2 fully saturated rings. The average Bonchev–Trinajstić information content (AvgIpc) is 3.13. The summed E-state index contributed by atoms with van der Waals surface area (Å²) in [6.45, 7) is 13.1. The Labute approximate surface area is 344 Å². The lowest BCUT2D eigenvalue weighted by Gasteiger charge is -2.49. The van der Waals surface area contributed by atoms with E-state index in [0.717, 1.165) is 74.5 Å². The van der Waals surface area contributed by atoms with E-state index in [9.17, 15) is 14.4 Å². The average molecular weight is 808 g/mol. The van der Waals surface area contributed by atoms with Crippen LogP contribution < -0.4 is 14.8 Å². The first-order chi connectivity index (χ1) is 27.6. The minimum Gasteiger partial charge on any atom is -0.444 e. The van der Waals surface area contributed by atoms with E-state index in [1.807, 2.05) is 26.8 Å². The van der Waals surface area contributed by atoms with Gasteiger partial charge in [-0.25, -0.2) is 13.6 Å². The maximum Gasteiger partial charge on any atom is 0.407 e. The number of benzene rings is 2. The fourth-order valence-corrected chi connectivity index (χ4v) is 10.6. The first-order valence-electron chi connectivity index (χ1n) is 22.2. The van der Waals surface area contributed by atoms with E-state index in [4.69, 9.17) is 18.9 Å². The Balaban J connectivity index is 0.917. The van der Waals surface area contributed by atoms with Crippen molar-refractivity contribution in [3.63, 3.8) is 0 Å². The molecular formula is C48H67F2NO7. The zero-order valence-electron chi connectivity index (χ0n) is 35.9. The van der Waals surface area contributed by atoms with Gasteiger partial charge in [-0.2, -0.15) is 0 Å². The van der Waals surface area contributed by atoms with E-state index in [2.05, 4.69) is 26.1 Å². The molecule has 2 aromatic rings. The van der Waals surface area contributed by atoms with Crippen molar-refractivity contribution in [1.82, 2.24) is 5.32 Å². The zero-order valence-corrected chi connectivity index (χ0v) is 35.9. The van der Waals surface area contributed by atoms with E-state index in [1.165, 1.54) is 25.0 Å². The Morgan fingerprint density at radius 1 is 0.707 bits per heavy atom. The van der Waals surface area contributed by atoms with Crippen LogP contribution in [-0.2, 0) is 42.7 Å². The lowest BCUT2D eigenvalue weighted by Crippen LogP contribution is -2.57. The second-order valence-electron chi connectivity index (χ2n) is 19.2. The molecule has 1 amide bonds. The highest BCUT2D eigenvalue weighted by molar-refractivity contribution is 5.73. The predicted octanol–water partition coefficient (Wildman–Crippen LogP) is 11.2. The van der Waals surface area contributed by atoms with Crippen LogP contribution >= 0.6 is 0 Å². The normalized spacial score (nSPS) is 26.8. The lowest BCUT2D eigenvalue weighted by atomic mass is 9.57. The molecule has 0 saturated heterocycles. The second-order valence-corrected chi connectivity index (χ2v) is 19.2. The highest BCUT2D eigenvalue weighted by Crippen LogP contribution is 2.52. The number of esters is 2. The molecule has 4 aliphatic rings. The van der Waals surface area contributed by atoms with Crippen molar-refractivity contribution in [3.8, 4) is 11.5 Å². The molecule has 0 heterocycles. The summed E-state index contributed by atoms with van der Waals surface area (Å²) in [4.78, 5) is 38.6. The highest BCUT2D eigenvalue weighted by Gasteiger charge is 2.48. The number of carbonyl (C=O) groups excluding carboxylic acids is 3. The van der Waals surface area contributed by atoms with Crippen molar-refractivity contribution in [2.24, 2.45) is 17.8 Å². The molecule has 0 aliphatic heterocycles. The summed E-state index contributed by atoms with van der Waals surface area (Å²) in [5.74, 6) is 0.0522. The van der Waals surface area contributed by atoms with Crippen molar-refractivity contribution < 1.29 is 42.1 Å². The first kappa shape index (κ1) is 44.0. The van der Waals surface area contributed by atoms with Gasteiger partial charge in [0.1, 0.15) is 28.7 Å². The number of unbranched alkanes of at least 4 members (excludes halogenated alkanes) is 2. The first-order valence-corrected chi connectivity index (χ1v) is 22.2. The summed E-state index contributed by atoms with van der Waals surface area (Å²) in [6.07, 6.45) is 14.1. The number of ether oxygens (including phenoxy) is 4. The number of rotatable bonds is 13. The van der Waals surface area contributed by atoms with Crippen LogP contribution in [0.3, 0.4) is 0 Å². The molecule has 58 heavy (non-hydrogen) atoms. The molecule has 2 saturated carbocycles. The van der Waals surface area contributed by atoms with Gasteiger partial charge < -0.3 is 24.3 Å². The van der Waals surface area contributed by atoms with E-state index in [0.29, 0.717) is 68.5 Å². The summed E-state index contributed by atoms with van der Waals surface area (Å²) in [5.41, 5.74) is 1.95. The van der Waals surface area contributed by atoms with Crippen molar-refractivity contribution in [1.29, 1.82) is 0 Å². The van der Waals surface area contributed by atoms with Crippen LogP contribution in [0.1, 0.15) is 167 Å². The Hall–Kier alpha value is -3.53. The van der Waals surface area contributed by atoms with Crippen LogP contribution in [0.2, 0.25) is 0 Å². The van der Waals surface area contributed by atoms with Crippen molar-refractivity contribution >= 4 is 18.0 Å². The van der Waals surface area contributed by atoms with E-state index >= 15 is 8.78 Å². The van der Waals surface area contributed by atoms with E-state index < -0.39 is 23.1 Å². The summed E-state index contributed by atoms with van der Waals surface area (Å²) in [6, 6.07) is 6.19. The summed E-state index contributed by atoms with van der Waals surface area (Å²) in [5, 5.41) is 3.16. The second kappa shape index (κ2) is 18.8. The molecule has 0 spiro atoms. The van der Waals surface area contributed by atoms with Crippen molar-refractivity contribution in [2.75, 3.05) is 13.2 Å². The third-order valence-electron chi connectivity index (χ3n) is 13.9. The minimum atomic E-state index is -0.638. The lowest BCUT2D eigenvalue weighted by molar-refractivity contribution is -0.135. The van der Waals surface area contributed by atoms with Crippen molar-refractivity contribution in [3.05, 3.63) is 58.2 Å². The number of amides is 1. The molecule has 1 N–H and O–H groups in total. The summed E-state index contributed by atoms with van der Waals surface area (Å²) >= 11 is 0. The quantitative estimate of drug-likeness (QED) is 0.122. The van der Waals surface area contributed by atoms with Crippen LogP contribution in [0.15, 0.2) is 24.3 Å². The molecule has 6 rings (SSSR count). The van der Waals surface area contributed by atoms with Crippen LogP contribution in [0.5, 0.6) is 11.5 Å². The van der Waals surface area contributed by atoms with E-state index in [1.54, 1.807) is 6.07 Å². The number of hydrogen-bond donors (Lipinski definition) is 1. The van der Waals surface area contributed by atoms with Gasteiger partial charge in [0, 0.05) is 49.6 Å². The molecule has 4 aliphatic carbocycles. The summed E-state index contributed by atoms with van der Waals surface area (Å²) in [7, 11) is 0. The third-order valence-corrected chi connectivity index (χ3v) is 13.9. The Morgan fingerprint density at radius 2 is 1.21 bits per heavy atom. The van der Waals surface area contributed by atoms with Gasteiger partial charge in [0.25, 0.3) is 0 Å². The fraction of sp³-hybridized carbons (Fsp3) is 0.688. The van der Waals surface area contributed by atoms with Crippen LogP contribution in [0, 0.1) is 29.4 Å². The Bertz CT molecular complexity index is 1790.